The van der Waals surface area contributed by atoms with Crippen LogP contribution in [-0.2, 0) is 16.0 Å². The average Bonchev–Trinajstić information content (AvgIpc) is 3.38. The van der Waals surface area contributed by atoms with Gasteiger partial charge in [0.05, 0.1) is 18.4 Å². The fourth-order valence-corrected chi connectivity index (χ4v) is 4.79. The van der Waals surface area contributed by atoms with E-state index in [0.29, 0.717) is 41.4 Å². The lowest BCUT2D eigenvalue weighted by Crippen LogP contribution is -2.53. The normalized spacial score (nSPS) is 16.8. The number of rotatable bonds is 11. The number of aryl methyl sites for hydroxylation is 1. The van der Waals surface area contributed by atoms with Gasteiger partial charge in [-0.3, -0.25) is 4.79 Å². The molecule has 3 N–H and O–H groups in total. The number of carbonyl (C=O) groups excluding carboxylic acids is 2. The predicted molar refractivity (Wildman–Crippen MR) is 150 cm³/mol. The number of ether oxygens (including phenoxy) is 3. The zero-order chi connectivity index (χ0) is 28.7. The van der Waals surface area contributed by atoms with Crippen molar-refractivity contribution in [3.05, 3.63) is 83.4 Å². The number of urea groups is 1. The number of aromatic carboxylic acids is 1. The van der Waals surface area contributed by atoms with Gasteiger partial charge in [0, 0.05) is 25.8 Å². The fourth-order valence-electron chi connectivity index (χ4n) is 4.79. The van der Waals surface area contributed by atoms with E-state index in [1.54, 1.807) is 30.3 Å². The Hall–Kier alpha value is -4.41. The SMILES string of the molecule is COc1cc(CC(=O)[C@@]2(OC)CCCN2COc2ccc(C(=O)O)cc2)ccc1NC(=O)Nc1ccccc1C. The highest BCUT2D eigenvalue weighted by molar-refractivity contribution is 6.01. The molecule has 2 amide bonds. The van der Waals surface area contributed by atoms with Gasteiger partial charge in [0.2, 0.25) is 0 Å². The number of nitrogens with one attached hydrogen (secondary N) is 2. The first kappa shape index (κ1) is 28.6. The third-order valence-corrected chi connectivity index (χ3v) is 6.99. The number of hydrogen-bond donors (Lipinski definition) is 3. The van der Waals surface area contributed by atoms with E-state index < -0.39 is 17.7 Å². The van der Waals surface area contributed by atoms with Crippen LogP contribution < -0.4 is 20.1 Å². The van der Waals surface area contributed by atoms with Gasteiger partial charge in [0.15, 0.2) is 11.5 Å². The molecule has 0 saturated carbocycles. The number of carboxylic acids is 1. The van der Waals surface area contributed by atoms with Crippen LogP contribution >= 0.6 is 0 Å². The number of amides is 2. The highest BCUT2D eigenvalue weighted by Crippen LogP contribution is 2.33. The molecule has 3 aromatic carbocycles. The van der Waals surface area contributed by atoms with Crippen LogP contribution in [0.25, 0.3) is 0 Å². The van der Waals surface area contributed by atoms with Crippen LogP contribution in [0.4, 0.5) is 16.2 Å². The molecule has 1 heterocycles. The molecule has 40 heavy (non-hydrogen) atoms. The zero-order valence-electron chi connectivity index (χ0n) is 22.7. The van der Waals surface area contributed by atoms with Crippen molar-refractivity contribution in [3.63, 3.8) is 0 Å². The van der Waals surface area contributed by atoms with Gasteiger partial charge < -0.3 is 30.0 Å². The molecule has 4 rings (SSSR count). The lowest BCUT2D eigenvalue weighted by molar-refractivity contribution is -0.168. The first-order valence-electron chi connectivity index (χ1n) is 12.9. The van der Waals surface area contributed by atoms with E-state index in [-0.39, 0.29) is 24.5 Å². The quantitative estimate of drug-likeness (QED) is 0.308. The van der Waals surface area contributed by atoms with Crippen LogP contribution in [0.5, 0.6) is 11.5 Å². The van der Waals surface area contributed by atoms with Crippen molar-refractivity contribution in [2.75, 3.05) is 38.1 Å². The number of ketones is 1. The Kier molecular flexibility index (Phi) is 9.03. The largest absolute Gasteiger partial charge is 0.495 e. The molecule has 1 aliphatic rings. The topological polar surface area (TPSA) is 126 Å². The molecule has 0 aliphatic carbocycles. The van der Waals surface area contributed by atoms with Gasteiger partial charge in [-0.15, -0.1) is 0 Å². The number of anilines is 2. The van der Waals surface area contributed by atoms with Crippen LogP contribution in [0.3, 0.4) is 0 Å². The summed E-state index contributed by atoms with van der Waals surface area (Å²) in [5.74, 6) is -0.222. The van der Waals surface area contributed by atoms with E-state index in [9.17, 15) is 14.4 Å². The number of benzene rings is 3. The number of carboxylic acid groups (broad SMARTS) is 1. The highest BCUT2D eigenvalue weighted by Gasteiger charge is 2.47. The predicted octanol–water partition coefficient (Wildman–Crippen LogP) is 4.93. The molecule has 0 bridgehead atoms. The van der Waals surface area contributed by atoms with Gasteiger partial charge in [-0.25, -0.2) is 14.5 Å². The molecule has 1 aliphatic heterocycles. The Morgan fingerprint density at radius 2 is 1.70 bits per heavy atom. The summed E-state index contributed by atoms with van der Waals surface area (Å²) >= 11 is 0. The standard InChI is InChI=1S/C30H33N3O7/c1-20-7-4-5-8-24(20)31-29(37)32-25-14-9-21(17-26(25)38-2)18-27(34)30(39-3)15-6-16-33(30)19-40-23-12-10-22(11-13-23)28(35)36/h4-5,7-14,17H,6,15-16,18-19H2,1-3H3,(H,35,36)(H2,31,32,37)/t30-/m0/s1. The van der Waals surface area contributed by atoms with Crippen molar-refractivity contribution in [2.45, 2.75) is 31.9 Å². The van der Waals surface area contributed by atoms with Crippen LogP contribution in [0.1, 0.15) is 34.3 Å². The summed E-state index contributed by atoms with van der Waals surface area (Å²) in [7, 11) is 3.01. The summed E-state index contributed by atoms with van der Waals surface area (Å²) in [5.41, 5.74) is 1.83. The molecule has 0 aromatic heterocycles. The van der Waals surface area contributed by atoms with E-state index in [2.05, 4.69) is 10.6 Å². The Morgan fingerprint density at radius 1 is 0.975 bits per heavy atom. The molecule has 1 fully saturated rings. The van der Waals surface area contributed by atoms with Gasteiger partial charge in [-0.05, 0) is 73.4 Å². The molecular weight excluding hydrogens is 514 g/mol. The number of likely N-dealkylation sites (tertiary alicyclic amines) is 1. The number of carbonyl (C=O) groups is 3. The van der Waals surface area contributed by atoms with Crippen molar-refractivity contribution in [1.29, 1.82) is 0 Å². The van der Waals surface area contributed by atoms with Crippen LogP contribution in [0.2, 0.25) is 0 Å². The van der Waals surface area contributed by atoms with E-state index in [1.807, 2.05) is 36.1 Å². The maximum atomic E-state index is 13.6. The maximum absolute atomic E-state index is 13.6. The monoisotopic (exact) mass is 547 g/mol. The highest BCUT2D eigenvalue weighted by atomic mass is 16.5. The van der Waals surface area contributed by atoms with Crippen molar-refractivity contribution in [2.24, 2.45) is 0 Å². The second-order valence-corrected chi connectivity index (χ2v) is 9.49. The first-order valence-corrected chi connectivity index (χ1v) is 12.9. The van der Waals surface area contributed by atoms with Gasteiger partial charge in [-0.2, -0.15) is 0 Å². The van der Waals surface area contributed by atoms with Crippen molar-refractivity contribution in [1.82, 2.24) is 4.90 Å². The Morgan fingerprint density at radius 3 is 2.38 bits per heavy atom. The smallest absolute Gasteiger partial charge is 0.335 e. The van der Waals surface area contributed by atoms with Crippen LogP contribution in [-0.4, -0.2) is 61.0 Å². The van der Waals surface area contributed by atoms with Gasteiger partial charge in [0.1, 0.15) is 18.2 Å². The second kappa shape index (κ2) is 12.6. The Balaban J connectivity index is 1.42. The van der Waals surface area contributed by atoms with E-state index in [4.69, 9.17) is 19.3 Å². The Labute approximate surface area is 232 Å². The summed E-state index contributed by atoms with van der Waals surface area (Å²) in [5, 5.41) is 14.7. The molecule has 1 atom stereocenters. The number of hydrogen-bond acceptors (Lipinski definition) is 7. The minimum Gasteiger partial charge on any atom is -0.495 e. The summed E-state index contributed by atoms with van der Waals surface area (Å²) in [6.07, 6.45) is 1.35. The summed E-state index contributed by atoms with van der Waals surface area (Å²) in [4.78, 5) is 39.1. The number of nitrogens with zero attached hydrogens (tertiary/aromatic N) is 1. The average molecular weight is 548 g/mol. The van der Waals surface area contributed by atoms with Crippen LogP contribution in [0.15, 0.2) is 66.7 Å². The van der Waals surface area contributed by atoms with Crippen molar-refractivity contribution in [3.8, 4) is 11.5 Å². The van der Waals surface area contributed by atoms with Crippen molar-refractivity contribution < 1.29 is 33.7 Å². The van der Waals surface area contributed by atoms with Crippen molar-refractivity contribution >= 4 is 29.2 Å². The molecule has 10 nitrogen and oxygen atoms in total. The maximum Gasteiger partial charge on any atom is 0.335 e. The lowest BCUT2D eigenvalue weighted by atomic mass is 9.98. The number of Topliss-reactive ketones (excluding diaryl/α,β-unsaturated/α-hetero) is 1. The molecule has 0 unspecified atom stereocenters. The summed E-state index contributed by atoms with van der Waals surface area (Å²) in [6.45, 7) is 2.62. The van der Waals surface area contributed by atoms with Gasteiger partial charge >= 0.3 is 12.0 Å². The zero-order valence-corrected chi connectivity index (χ0v) is 22.7. The summed E-state index contributed by atoms with van der Waals surface area (Å²) in [6, 6.07) is 18.4. The molecule has 10 heteroatoms. The molecule has 1 saturated heterocycles. The third-order valence-electron chi connectivity index (χ3n) is 6.99. The third kappa shape index (κ3) is 6.41. The van der Waals surface area contributed by atoms with E-state index in [1.165, 1.54) is 26.4 Å². The van der Waals surface area contributed by atoms with Crippen LogP contribution in [0, 0.1) is 6.92 Å². The summed E-state index contributed by atoms with van der Waals surface area (Å²) < 4.78 is 17.2. The molecule has 0 spiro atoms. The van der Waals surface area contributed by atoms with Gasteiger partial charge in [-0.1, -0.05) is 24.3 Å². The first-order chi connectivity index (χ1) is 19.3. The number of para-hydroxylation sites is 1. The minimum atomic E-state index is -1.15. The van der Waals surface area contributed by atoms with Gasteiger partial charge in [0.25, 0.3) is 0 Å². The van der Waals surface area contributed by atoms with E-state index in [0.717, 1.165) is 12.0 Å². The molecule has 210 valence electrons. The second-order valence-electron chi connectivity index (χ2n) is 9.49. The fraction of sp³-hybridized carbons (Fsp3) is 0.300. The molecule has 0 radical (unpaired) electrons. The molecular formula is C30H33N3O7. The van der Waals surface area contributed by atoms with E-state index >= 15 is 0 Å². The minimum absolute atomic E-state index is 0.0870. The Bertz CT molecular complexity index is 1380. The lowest BCUT2D eigenvalue weighted by Gasteiger charge is -2.35. The molecule has 3 aromatic rings. The number of methoxy groups -OCH3 is 2.